The van der Waals surface area contributed by atoms with Crippen molar-refractivity contribution in [3.8, 4) is 0 Å². The van der Waals surface area contributed by atoms with Crippen LogP contribution < -0.4 is 14.7 Å². The maximum atomic E-state index is 12.6. The van der Waals surface area contributed by atoms with Crippen molar-refractivity contribution in [2.24, 2.45) is 0 Å². The molecule has 0 atom stereocenters. The number of rotatable bonds is 7. The summed E-state index contributed by atoms with van der Waals surface area (Å²) in [5.41, 5.74) is 2.38. The average Bonchev–Trinajstić information content (AvgIpc) is 2.83. The molecule has 0 spiro atoms. The number of carboxylic acid groups (broad SMARTS) is 1. The lowest BCUT2D eigenvalue weighted by atomic mass is 10.1. The molecular weight excluding hydrogens is 458 g/mol. The third kappa shape index (κ3) is 5.26. The summed E-state index contributed by atoms with van der Waals surface area (Å²) in [6.07, 6.45) is 0.836. The van der Waals surface area contributed by atoms with E-state index in [1.807, 2.05) is 49.1 Å². The van der Waals surface area contributed by atoms with Gasteiger partial charge in [-0.2, -0.15) is 4.31 Å². The van der Waals surface area contributed by atoms with Crippen molar-refractivity contribution >= 4 is 39.0 Å². The van der Waals surface area contributed by atoms with E-state index in [0.717, 1.165) is 17.2 Å². The highest BCUT2D eigenvalue weighted by Gasteiger charge is 2.29. The largest absolute Gasteiger partial charge is 0.465 e. The second kappa shape index (κ2) is 10.2. The lowest BCUT2D eigenvalue weighted by molar-refractivity contribution is 0.0906. The number of pyridine rings is 1. The van der Waals surface area contributed by atoms with Crippen LogP contribution in [0, 0.1) is 0 Å². The fraction of sp³-hybridized carbons (Fsp3) is 0.478. The number of amides is 1. The van der Waals surface area contributed by atoms with Crippen LogP contribution in [-0.4, -0.2) is 86.6 Å². The van der Waals surface area contributed by atoms with Crippen LogP contribution in [0.2, 0.25) is 0 Å². The maximum absolute atomic E-state index is 12.6. The van der Waals surface area contributed by atoms with Gasteiger partial charge in [-0.25, -0.2) is 18.2 Å². The topological polar surface area (TPSA) is 107 Å². The number of benzene rings is 1. The minimum Gasteiger partial charge on any atom is -0.465 e. The summed E-state index contributed by atoms with van der Waals surface area (Å²) < 4.78 is 32.1. The number of hydrogen-bond acceptors (Lipinski definition) is 7. The Hall–Kier alpha value is -2.89. The van der Waals surface area contributed by atoms with E-state index < -0.39 is 16.1 Å². The van der Waals surface area contributed by atoms with Gasteiger partial charge >= 0.3 is 6.09 Å². The fourth-order valence-electron chi connectivity index (χ4n) is 4.27. The molecule has 0 bridgehead atoms. The Bertz CT molecular complexity index is 1100. The van der Waals surface area contributed by atoms with Crippen LogP contribution >= 0.6 is 0 Å². The molecule has 1 saturated heterocycles. The van der Waals surface area contributed by atoms with Gasteiger partial charge in [-0.15, -0.1) is 0 Å². The van der Waals surface area contributed by atoms with Gasteiger partial charge < -0.3 is 19.6 Å². The number of sulfonamides is 1. The molecule has 4 rings (SSSR count). The molecule has 3 heterocycles. The first-order valence-corrected chi connectivity index (χ1v) is 13.0. The molecule has 2 aliphatic rings. The highest BCUT2D eigenvalue weighted by molar-refractivity contribution is 7.89. The Labute approximate surface area is 200 Å². The molecule has 34 heavy (non-hydrogen) atoms. The van der Waals surface area contributed by atoms with E-state index in [1.54, 1.807) is 12.3 Å². The van der Waals surface area contributed by atoms with Crippen LogP contribution in [0.4, 0.5) is 27.7 Å². The molecule has 1 amide bonds. The number of nitrogens with zero attached hydrogens (tertiary/aromatic N) is 5. The number of aromatic nitrogens is 1. The molecule has 184 valence electrons. The van der Waals surface area contributed by atoms with Gasteiger partial charge in [0.15, 0.2) is 0 Å². The molecule has 2 aromatic rings. The predicted molar refractivity (Wildman–Crippen MR) is 132 cm³/mol. The van der Waals surface area contributed by atoms with Gasteiger partial charge in [0.25, 0.3) is 0 Å². The molecule has 0 radical (unpaired) electrons. The molecule has 1 fully saturated rings. The Morgan fingerprint density at radius 2 is 1.74 bits per heavy atom. The van der Waals surface area contributed by atoms with Gasteiger partial charge in [0.2, 0.25) is 10.0 Å². The second-order valence-electron chi connectivity index (χ2n) is 8.57. The van der Waals surface area contributed by atoms with Crippen LogP contribution in [0.1, 0.15) is 13.8 Å². The van der Waals surface area contributed by atoms with Crippen LogP contribution in [0.5, 0.6) is 0 Å². The zero-order chi connectivity index (χ0) is 24.3. The van der Waals surface area contributed by atoms with E-state index in [1.165, 1.54) is 9.21 Å². The quantitative estimate of drug-likeness (QED) is 0.633. The van der Waals surface area contributed by atoms with Gasteiger partial charge in [0.05, 0.1) is 41.7 Å². The number of hydrogen-bond donors (Lipinski definition) is 1. The lowest BCUT2D eigenvalue weighted by Gasteiger charge is -2.37. The van der Waals surface area contributed by atoms with Crippen molar-refractivity contribution in [3.63, 3.8) is 0 Å². The highest BCUT2D eigenvalue weighted by atomic mass is 32.2. The second-order valence-corrected chi connectivity index (χ2v) is 10.7. The monoisotopic (exact) mass is 489 g/mol. The van der Waals surface area contributed by atoms with Gasteiger partial charge in [-0.1, -0.05) is 12.1 Å². The molecule has 1 N–H and O–H groups in total. The summed E-state index contributed by atoms with van der Waals surface area (Å²) in [6, 6.07) is 11.3. The van der Waals surface area contributed by atoms with Crippen molar-refractivity contribution in [2.45, 2.75) is 20.0 Å². The van der Waals surface area contributed by atoms with E-state index >= 15 is 0 Å². The third-order valence-corrected chi connectivity index (χ3v) is 7.87. The maximum Gasteiger partial charge on any atom is 0.411 e. The van der Waals surface area contributed by atoms with E-state index in [4.69, 9.17) is 4.74 Å². The average molecular weight is 490 g/mol. The van der Waals surface area contributed by atoms with E-state index in [-0.39, 0.29) is 18.5 Å². The van der Waals surface area contributed by atoms with Gasteiger partial charge in [-0.05, 0) is 38.1 Å². The number of piperazine rings is 1. The standard InChI is InChI=1S/C23H31N5O5S/c1-18(2)33-15-16-34(31,32)26-11-9-25(10-12-26)19-7-8-22(24-17-19)27-13-14-28(23(29)30)21-6-4-3-5-20(21)27/h3-8,17-18H,9-16H2,1-2H3,(H,29,30). The molecule has 1 aromatic carbocycles. The van der Waals surface area contributed by atoms with Gasteiger partial charge in [-0.3, -0.25) is 4.90 Å². The zero-order valence-electron chi connectivity index (χ0n) is 19.5. The highest BCUT2D eigenvalue weighted by Crippen LogP contribution is 2.37. The Morgan fingerprint density at radius 1 is 1.03 bits per heavy atom. The van der Waals surface area contributed by atoms with Crippen LogP contribution in [0.3, 0.4) is 0 Å². The van der Waals surface area contributed by atoms with Gasteiger partial charge in [0, 0.05) is 39.3 Å². The number of fused-ring (bicyclic) bond motifs is 1. The predicted octanol–water partition coefficient (Wildman–Crippen LogP) is 2.59. The Morgan fingerprint density at radius 3 is 2.35 bits per heavy atom. The normalized spacial score (nSPS) is 17.2. The third-order valence-electron chi connectivity index (χ3n) is 6.04. The minimum absolute atomic E-state index is 0.00194. The van der Waals surface area contributed by atoms with Crippen molar-refractivity contribution in [1.82, 2.24) is 9.29 Å². The summed E-state index contributed by atoms with van der Waals surface area (Å²) in [7, 11) is -3.33. The summed E-state index contributed by atoms with van der Waals surface area (Å²) in [4.78, 5) is 21.7. The molecule has 0 unspecified atom stereocenters. The lowest BCUT2D eigenvalue weighted by Crippen LogP contribution is -2.49. The first kappa shape index (κ1) is 24.2. The molecule has 10 nitrogen and oxygen atoms in total. The fourth-order valence-corrected chi connectivity index (χ4v) is 5.55. The molecule has 11 heteroatoms. The van der Waals surface area contributed by atoms with Gasteiger partial charge in [0.1, 0.15) is 5.82 Å². The Balaban J connectivity index is 1.40. The van der Waals surface area contributed by atoms with Crippen LogP contribution in [0.15, 0.2) is 42.6 Å². The summed E-state index contributed by atoms with van der Waals surface area (Å²) in [5.74, 6) is 0.741. The molecule has 0 aliphatic carbocycles. The van der Waals surface area contributed by atoms with Crippen molar-refractivity contribution in [1.29, 1.82) is 0 Å². The van der Waals surface area contributed by atoms with Crippen molar-refractivity contribution < 1.29 is 23.1 Å². The summed E-state index contributed by atoms with van der Waals surface area (Å²) in [5, 5.41) is 9.49. The SMILES string of the molecule is CC(C)OCCS(=O)(=O)N1CCN(c2ccc(N3CCN(C(=O)O)c4ccccc43)nc2)CC1. The smallest absolute Gasteiger partial charge is 0.411 e. The molecule has 1 aromatic heterocycles. The molecule has 0 saturated carbocycles. The zero-order valence-corrected chi connectivity index (χ0v) is 20.3. The van der Waals surface area contributed by atoms with Crippen molar-refractivity contribution in [3.05, 3.63) is 42.6 Å². The molecule has 2 aliphatic heterocycles. The number of ether oxygens (including phenoxy) is 1. The summed E-state index contributed by atoms with van der Waals surface area (Å²) in [6.45, 7) is 6.87. The number of anilines is 4. The number of para-hydroxylation sites is 2. The van der Waals surface area contributed by atoms with E-state index in [2.05, 4.69) is 9.88 Å². The van der Waals surface area contributed by atoms with E-state index in [0.29, 0.717) is 45.0 Å². The van der Waals surface area contributed by atoms with Crippen LogP contribution in [0.25, 0.3) is 0 Å². The summed E-state index contributed by atoms with van der Waals surface area (Å²) >= 11 is 0. The van der Waals surface area contributed by atoms with E-state index in [9.17, 15) is 18.3 Å². The van der Waals surface area contributed by atoms with Crippen molar-refractivity contribution in [2.75, 3.05) is 66.3 Å². The first-order chi connectivity index (χ1) is 16.3. The number of carbonyl (C=O) groups is 1. The van der Waals surface area contributed by atoms with Crippen LogP contribution in [-0.2, 0) is 14.8 Å². The minimum atomic E-state index is -3.33. The Kier molecular flexibility index (Phi) is 7.24. The molecular formula is C23H31N5O5S. The first-order valence-electron chi connectivity index (χ1n) is 11.4.